The minimum atomic E-state index is -0.757. The Labute approximate surface area is 149 Å². The van der Waals surface area contributed by atoms with Gasteiger partial charge in [0.15, 0.2) is 0 Å². The van der Waals surface area contributed by atoms with Gasteiger partial charge in [-0.25, -0.2) is 4.79 Å². The molecule has 0 unspecified atom stereocenters. The maximum Gasteiger partial charge on any atom is 0.414 e. The highest BCUT2D eigenvalue weighted by Gasteiger charge is 2.43. The standard InChI is InChI=1S/C19H28N2O4/c1-18(2,3)25-17(23)21-11-15(20-10-9-19(4,24)12-20)16(22)13-7-5-6-8-14(13)21/h5-8,15-16,22,24H,9-12H2,1-4H3/t15-,16-,19+/m1/s1. The van der Waals surface area contributed by atoms with Gasteiger partial charge in [-0.3, -0.25) is 9.80 Å². The van der Waals surface area contributed by atoms with Gasteiger partial charge in [0, 0.05) is 25.2 Å². The van der Waals surface area contributed by atoms with Crippen molar-refractivity contribution in [3.05, 3.63) is 29.8 Å². The van der Waals surface area contributed by atoms with Gasteiger partial charge in [0.25, 0.3) is 0 Å². The number of hydrogen-bond acceptors (Lipinski definition) is 5. The zero-order valence-electron chi connectivity index (χ0n) is 15.4. The number of fused-ring (bicyclic) bond motifs is 1. The van der Waals surface area contributed by atoms with Gasteiger partial charge >= 0.3 is 6.09 Å². The highest BCUT2D eigenvalue weighted by atomic mass is 16.6. The van der Waals surface area contributed by atoms with Crippen molar-refractivity contribution in [2.75, 3.05) is 24.5 Å². The Morgan fingerprint density at radius 2 is 2.00 bits per heavy atom. The van der Waals surface area contributed by atoms with Crippen LogP contribution in [0.2, 0.25) is 0 Å². The van der Waals surface area contributed by atoms with Gasteiger partial charge in [-0.2, -0.15) is 0 Å². The number of carbonyl (C=O) groups excluding carboxylic acids is 1. The van der Waals surface area contributed by atoms with Gasteiger partial charge in [-0.1, -0.05) is 18.2 Å². The van der Waals surface area contributed by atoms with E-state index in [1.54, 1.807) is 4.90 Å². The molecule has 0 bridgehead atoms. The number of nitrogens with zero attached hydrogens (tertiary/aromatic N) is 2. The maximum atomic E-state index is 12.7. The van der Waals surface area contributed by atoms with Gasteiger partial charge in [0.2, 0.25) is 0 Å². The fourth-order valence-electron chi connectivity index (χ4n) is 3.64. The van der Waals surface area contributed by atoms with Crippen LogP contribution in [0.15, 0.2) is 24.3 Å². The molecular weight excluding hydrogens is 320 g/mol. The lowest BCUT2D eigenvalue weighted by atomic mass is 9.94. The van der Waals surface area contributed by atoms with E-state index in [9.17, 15) is 15.0 Å². The minimum absolute atomic E-state index is 0.267. The van der Waals surface area contributed by atoms with Crippen molar-refractivity contribution < 1.29 is 19.7 Å². The van der Waals surface area contributed by atoms with Crippen LogP contribution in [0.3, 0.4) is 0 Å². The van der Waals surface area contributed by atoms with Crippen LogP contribution in [0.1, 0.15) is 45.8 Å². The monoisotopic (exact) mass is 348 g/mol. The van der Waals surface area contributed by atoms with Crippen LogP contribution in [0.4, 0.5) is 10.5 Å². The molecule has 2 aliphatic rings. The molecule has 138 valence electrons. The number of β-amino-alcohol motifs (C(OH)–C–C–N with tert-alkyl or cyclic N) is 1. The molecule has 1 aromatic rings. The summed E-state index contributed by atoms with van der Waals surface area (Å²) in [7, 11) is 0. The molecule has 3 atom stereocenters. The first-order chi connectivity index (χ1) is 11.6. The number of carbonyl (C=O) groups is 1. The van der Waals surface area contributed by atoms with Gasteiger partial charge in [0.1, 0.15) is 5.60 Å². The number of aliphatic hydroxyl groups is 2. The molecule has 1 fully saturated rings. The first-order valence-electron chi connectivity index (χ1n) is 8.81. The second-order valence-corrected chi connectivity index (χ2v) is 8.38. The molecule has 3 rings (SSSR count). The zero-order valence-corrected chi connectivity index (χ0v) is 15.4. The van der Waals surface area contributed by atoms with Crippen molar-refractivity contribution in [3.63, 3.8) is 0 Å². The lowest BCUT2D eigenvalue weighted by Crippen LogP contribution is -2.53. The summed E-state index contributed by atoms with van der Waals surface area (Å²) in [6, 6.07) is 7.12. The Morgan fingerprint density at radius 1 is 1.32 bits per heavy atom. The van der Waals surface area contributed by atoms with E-state index in [1.807, 2.05) is 52.0 Å². The highest BCUT2D eigenvalue weighted by Crippen LogP contribution is 2.38. The van der Waals surface area contributed by atoms with Crippen molar-refractivity contribution in [2.24, 2.45) is 0 Å². The first-order valence-corrected chi connectivity index (χ1v) is 8.81. The molecular formula is C19H28N2O4. The molecule has 2 heterocycles. The molecule has 0 aliphatic carbocycles. The number of hydrogen-bond donors (Lipinski definition) is 2. The molecule has 6 heteroatoms. The van der Waals surface area contributed by atoms with Crippen molar-refractivity contribution >= 4 is 11.8 Å². The van der Waals surface area contributed by atoms with Crippen LogP contribution in [0, 0.1) is 0 Å². The van der Waals surface area contributed by atoms with E-state index in [4.69, 9.17) is 4.74 Å². The third kappa shape index (κ3) is 3.81. The van der Waals surface area contributed by atoms with Gasteiger partial charge in [-0.15, -0.1) is 0 Å². The first kappa shape index (κ1) is 18.2. The summed E-state index contributed by atoms with van der Waals surface area (Å²) in [5.41, 5.74) is 0.0603. The third-order valence-corrected chi connectivity index (χ3v) is 4.84. The number of aliphatic hydroxyl groups excluding tert-OH is 1. The minimum Gasteiger partial charge on any atom is -0.443 e. The molecule has 25 heavy (non-hydrogen) atoms. The summed E-state index contributed by atoms with van der Waals surface area (Å²) in [5.74, 6) is 0. The Hall–Kier alpha value is -1.63. The van der Waals surface area contributed by atoms with Crippen LogP contribution >= 0.6 is 0 Å². The van der Waals surface area contributed by atoms with Crippen molar-refractivity contribution in [2.45, 2.75) is 57.5 Å². The predicted molar refractivity (Wildman–Crippen MR) is 95.6 cm³/mol. The average Bonchev–Trinajstić information content (AvgIpc) is 2.86. The maximum absolute atomic E-state index is 12.7. The smallest absolute Gasteiger partial charge is 0.414 e. The van der Waals surface area contributed by atoms with Gasteiger partial charge in [-0.05, 0) is 40.2 Å². The summed E-state index contributed by atoms with van der Waals surface area (Å²) in [6.07, 6.45) is -0.462. The largest absolute Gasteiger partial charge is 0.443 e. The van der Waals surface area contributed by atoms with E-state index in [1.165, 1.54) is 0 Å². The second kappa shape index (κ2) is 6.27. The molecule has 2 N–H and O–H groups in total. The molecule has 6 nitrogen and oxygen atoms in total. The number of para-hydroxylation sites is 1. The molecule has 0 spiro atoms. The van der Waals surface area contributed by atoms with Crippen LogP contribution in [0.5, 0.6) is 0 Å². The van der Waals surface area contributed by atoms with Crippen LogP contribution in [-0.4, -0.2) is 58.1 Å². The highest BCUT2D eigenvalue weighted by molar-refractivity contribution is 5.90. The van der Waals surface area contributed by atoms with Crippen LogP contribution < -0.4 is 4.90 Å². The van der Waals surface area contributed by atoms with E-state index in [0.717, 1.165) is 5.56 Å². The predicted octanol–water partition coefficient (Wildman–Crippen LogP) is 2.30. The molecule has 1 amide bonds. The second-order valence-electron chi connectivity index (χ2n) is 8.38. The van der Waals surface area contributed by atoms with E-state index >= 15 is 0 Å². The Balaban J connectivity index is 1.91. The summed E-state index contributed by atoms with van der Waals surface area (Å²) in [5, 5.41) is 21.2. The quantitative estimate of drug-likeness (QED) is 0.815. The number of anilines is 1. The Bertz CT molecular complexity index is 653. The Morgan fingerprint density at radius 3 is 2.60 bits per heavy atom. The summed E-state index contributed by atoms with van der Waals surface area (Å²) >= 11 is 0. The normalized spacial score (nSPS) is 30.2. The summed E-state index contributed by atoms with van der Waals surface area (Å²) in [6.45, 7) is 8.84. The zero-order chi connectivity index (χ0) is 18.4. The Kier molecular flexibility index (Phi) is 4.56. The lowest BCUT2D eigenvalue weighted by molar-refractivity contribution is 0.0244. The van der Waals surface area contributed by atoms with Crippen molar-refractivity contribution in [3.8, 4) is 0 Å². The van der Waals surface area contributed by atoms with Gasteiger partial charge < -0.3 is 14.9 Å². The van der Waals surface area contributed by atoms with Gasteiger partial charge in [0.05, 0.1) is 23.4 Å². The molecule has 0 saturated carbocycles. The number of benzene rings is 1. The van der Waals surface area contributed by atoms with Crippen molar-refractivity contribution in [1.29, 1.82) is 0 Å². The number of amides is 1. The number of ether oxygens (including phenoxy) is 1. The molecule has 0 radical (unpaired) electrons. The van der Waals surface area contributed by atoms with Crippen LogP contribution in [-0.2, 0) is 4.74 Å². The number of likely N-dealkylation sites (tertiary alicyclic amines) is 1. The fourth-order valence-corrected chi connectivity index (χ4v) is 3.64. The molecule has 0 aromatic heterocycles. The fraction of sp³-hybridized carbons (Fsp3) is 0.632. The van der Waals surface area contributed by atoms with E-state index < -0.39 is 23.4 Å². The molecule has 1 saturated heterocycles. The van der Waals surface area contributed by atoms with Crippen molar-refractivity contribution in [1.82, 2.24) is 4.90 Å². The topological polar surface area (TPSA) is 73.2 Å². The average molecular weight is 348 g/mol. The van der Waals surface area contributed by atoms with Crippen LogP contribution in [0.25, 0.3) is 0 Å². The van der Waals surface area contributed by atoms with E-state index in [0.29, 0.717) is 31.7 Å². The summed E-state index contributed by atoms with van der Waals surface area (Å²) in [4.78, 5) is 16.4. The molecule has 1 aromatic carbocycles. The third-order valence-electron chi connectivity index (χ3n) is 4.84. The summed E-state index contributed by atoms with van der Waals surface area (Å²) < 4.78 is 5.56. The SMILES string of the molecule is CC(C)(C)OC(=O)N1C[C@@H](N2CC[C@](C)(O)C2)[C@H](O)c2ccccc21. The van der Waals surface area contributed by atoms with E-state index in [-0.39, 0.29) is 6.04 Å². The molecule has 2 aliphatic heterocycles. The van der Waals surface area contributed by atoms with E-state index in [2.05, 4.69) is 4.90 Å². The lowest BCUT2D eigenvalue weighted by Gasteiger charge is -2.42. The number of rotatable bonds is 1.